The molecule has 0 saturated heterocycles. The molecule has 88 valence electrons. The molecule has 1 aliphatic carbocycles. The van der Waals surface area contributed by atoms with E-state index in [1.807, 2.05) is 0 Å². The number of hydrogen-bond donors (Lipinski definition) is 1. The first kappa shape index (κ1) is 12.5. The van der Waals surface area contributed by atoms with E-state index in [1.165, 1.54) is 19.1 Å². The average molecular weight is 232 g/mol. The lowest BCUT2D eigenvalue weighted by Gasteiger charge is -2.11. The van der Waals surface area contributed by atoms with E-state index in [0.717, 1.165) is 12.8 Å². The van der Waals surface area contributed by atoms with Crippen LogP contribution in [0.2, 0.25) is 0 Å². The van der Waals surface area contributed by atoms with E-state index in [2.05, 4.69) is 4.99 Å². The maximum atomic E-state index is 11.0. The molecule has 1 fully saturated rings. The molecule has 0 spiro atoms. The minimum absolute atomic E-state index is 0.0837. The number of nitrogens with two attached hydrogens (primary N) is 1. The highest BCUT2D eigenvalue weighted by atomic mass is 32.2. The molecule has 1 atom stereocenters. The van der Waals surface area contributed by atoms with Gasteiger partial charge in [0.2, 0.25) is 0 Å². The normalized spacial score (nSPS) is 21.9. The van der Waals surface area contributed by atoms with Crippen LogP contribution < -0.4 is 5.73 Å². The molecule has 0 heterocycles. The first-order valence-electron chi connectivity index (χ1n) is 5.39. The largest absolute Gasteiger partial charge is 0.387 e. The van der Waals surface area contributed by atoms with Crippen LogP contribution in [0.5, 0.6) is 0 Å². The zero-order valence-electron chi connectivity index (χ0n) is 9.44. The predicted molar refractivity (Wildman–Crippen MR) is 62.8 cm³/mol. The van der Waals surface area contributed by atoms with Gasteiger partial charge in [0.1, 0.15) is 9.84 Å². The number of hydrogen-bond acceptors (Lipinski definition) is 3. The van der Waals surface area contributed by atoms with Crippen molar-refractivity contribution in [2.45, 2.75) is 38.6 Å². The summed E-state index contributed by atoms with van der Waals surface area (Å²) in [5.74, 6) is 1.11. The van der Waals surface area contributed by atoms with Crippen molar-refractivity contribution in [2.75, 3.05) is 12.0 Å². The van der Waals surface area contributed by atoms with Crippen LogP contribution in [0.3, 0.4) is 0 Å². The van der Waals surface area contributed by atoms with Crippen molar-refractivity contribution in [1.82, 2.24) is 0 Å². The Kier molecular flexibility index (Phi) is 4.13. The molecule has 0 aromatic heterocycles. The Morgan fingerprint density at radius 3 is 2.47 bits per heavy atom. The van der Waals surface area contributed by atoms with Gasteiger partial charge in [-0.2, -0.15) is 0 Å². The van der Waals surface area contributed by atoms with Gasteiger partial charge in [-0.25, -0.2) is 8.42 Å². The van der Waals surface area contributed by atoms with Crippen molar-refractivity contribution in [2.24, 2.45) is 16.6 Å². The second kappa shape index (κ2) is 4.96. The van der Waals surface area contributed by atoms with Crippen molar-refractivity contribution in [3.63, 3.8) is 0 Å². The lowest BCUT2D eigenvalue weighted by molar-refractivity contribution is 0.595. The summed E-state index contributed by atoms with van der Waals surface area (Å²) in [5.41, 5.74) is 5.85. The van der Waals surface area contributed by atoms with Crippen LogP contribution in [0.1, 0.15) is 32.6 Å². The molecule has 0 aromatic carbocycles. The molecule has 4 nitrogen and oxygen atoms in total. The molecule has 1 rings (SSSR count). The zero-order valence-corrected chi connectivity index (χ0v) is 10.3. The summed E-state index contributed by atoms with van der Waals surface area (Å²) >= 11 is 0. The van der Waals surface area contributed by atoms with Crippen molar-refractivity contribution in [3.05, 3.63) is 0 Å². The van der Waals surface area contributed by atoms with Crippen molar-refractivity contribution in [1.29, 1.82) is 0 Å². The molecule has 0 radical (unpaired) electrons. The summed E-state index contributed by atoms with van der Waals surface area (Å²) in [6.07, 6.45) is 5.84. The SMILES string of the molecule is CC(CS(C)(=O)=O)N=C(N)C1CCCC1. The number of nitrogens with zero attached hydrogens (tertiary/aromatic N) is 1. The summed E-state index contributed by atoms with van der Waals surface area (Å²) in [6, 6.07) is -0.222. The van der Waals surface area contributed by atoms with Gasteiger partial charge in [-0.05, 0) is 19.8 Å². The van der Waals surface area contributed by atoms with Crippen LogP contribution in [-0.2, 0) is 9.84 Å². The zero-order chi connectivity index (χ0) is 11.5. The third-order valence-corrected chi connectivity index (χ3v) is 3.77. The molecule has 0 aromatic rings. The van der Waals surface area contributed by atoms with Gasteiger partial charge in [0.05, 0.1) is 17.6 Å². The van der Waals surface area contributed by atoms with Crippen molar-refractivity contribution < 1.29 is 8.42 Å². The Hall–Kier alpha value is -0.580. The van der Waals surface area contributed by atoms with E-state index in [4.69, 9.17) is 5.73 Å². The quantitative estimate of drug-likeness (QED) is 0.580. The van der Waals surface area contributed by atoms with Crippen LogP contribution >= 0.6 is 0 Å². The number of amidine groups is 1. The summed E-state index contributed by atoms with van der Waals surface area (Å²) in [5, 5.41) is 0. The van der Waals surface area contributed by atoms with E-state index >= 15 is 0 Å². The highest BCUT2D eigenvalue weighted by Crippen LogP contribution is 2.24. The topological polar surface area (TPSA) is 72.5 Å². The summed E-state index contributed by atoms with van der Waals surface area (Å²) in [7, 11) is -2.96. The molecule has 1 aliphatic rings. The fourth-order valence-electron chi connectivity index (χ4n) is 2.06. The highest BCUT2D eigenvalue weighted by molar-refractivity contribution is 7.90. The lowest BCUT2D eigenvalue weighted by Crippen LogP contribution is -2.25. The van der Waals surface area contributed by atoms with Crippen LogP contribution in [0.25, 0.3) is 0 Å². The first-order chi connectivity index (χ1) is 6.88. The highest BCUT2D eigenvalue weighted by Gasteiger charge is 2.19. The standard InChI is InChI=1S/C10H20N2O2S/c1-8(7-15(2,13)14)12-10(11)9-5-3-4-6-9/h8-9H,3-7H2,1-2H3,(H2,11,12). The van der Waals surface area contributed by atoms with E-state index in [1.54, 1.807) is 6.92 Å². The molecule has 1 unspecified atom stereocenters. The maximum absolute atomic E-state index is 11.0. The van der Waals surface area contributed by atoms with Gasteiger partial charge in [0.25, 0.3) is 0 Å². The Morgan fingerprint density at radius 1 is 1.47 bits per heavy atom. The van der Waals surface area contributed by atoms with Gasteiger partial charge in [-0.3, -0.25) is 4.99 Å². The number of rotatable bonds is 4. The third-order valence-electron chi connectivity index (χ3n) is 2.69. The second-order valence-corrected chi connectivity index (χ2v) is 6.66. The van der Waals surface area contributed by atoms with Crippen LogP contribution in [-0.4, -0.2) is 32.3 Å². The van der Waals surface area contributed by atoms with Crippen LogP contribution in [0.15, 0.2) is 4.99 Å². The molecule has 0 aliphatic heterocycles. The minimum atomic E-state index is -2.96. The summed E-state index contributed by atoms with van der Waals surface area (Å²) < 4.78 is 22.1. The third kappa shape index (κ3) is 4.64. The number of sulfone groups is 1. The maximum Gasteiger partial charge on any atom is 0.149 e. The fraction of sp³-hybridized carbons (Fsp3) is 0.900. The van der Waals surface area contributed by atoms with Gasteiger partial charge in [-0.15, -0.1) is 0 Å². The van der Waals surface area contributed by atoms with Crippen molar-refractivity contribution >= 4 is 15.7 Å². The lowest BCUT2D eigenvalue weighted by atomic mass is 10.1. The van der Waals surface area contributed by atoms with E-state index < -0.39 is 9.84 Å². The molecule has 5 heteroatoms. The molecular weight excluding hydrogens is 212 g/mol. The summed E-state index contributed by atoms with van der Waals surface area (Å²) in [6.45, 7) is 1.79. The van der Waals surface area contributed by atoms with E-state index in [-0.39, 0.29) is 11.8 Å². The molecular formula is C10H20N2O2S. The molecule has 2 N–H and O–H groups in total. The Labute approximate surface area is 91.9 Å². The van der Waals surface area contributed by atoms with Gasteiger partial charge < -0.3 is 5.73 Å². The van der Waals surface area contributed by atoms with Gasteiger partial charge in [-0.1, -0.05) is 12.8 Å². The van der Waals surface area contributed by atoms with Gasteiger partial charge >= 0.3 is 0 Å². The second-order valence-electron chi connectivity index (χ2n) is 4.48. The Morgan fingerprint density at radius 2 is 2.00 bits per heavy atom. The monoisotopic (exact) mass is 232 g/mol. The molecule has 1 saturated carbocycles. The van der Waals surface area contributed by atoms with Gasteiger partial charge in [0.15, 0.2) is 0 Å². The van der Waals surface area contributed by atoms with Crippen molar-refractivity contribution in [3.8, 4) is 0 Å². The van der Waals surface area contributed by atoms with Crippen LogP contribution in [0, 0.1) is 5.92 Å². The smallest absolute Gasteiger partial charge is 0.149 e. The van der Waals surface area contributed by atoms with E-state index in [0.29, 0.717) is 11.8 Å². The van der Waals surface area contributed by atoms with Crippen LogP contribution in [0.4, 0.5) is 0 Å². The molecule has 0 bridgehead atoms. The minimum Gasteiger partial charge on any atom is -0.387 e. The average Bonchev–Trinajstić information content (AvgIpc) is 2.50. The number of aliphatic imine (C=N–C) groups is 1. The fourth-order valence-corrected chi connectivity index (χ4v) is 3.01. The first-order valence-corrected chi connectivity index (χ1v) is 7.45. The van der Waals surface area contributed by atoms with Gasteiger partial charge in [0, 0.05) is 12.2 Å². The Bertz CT molecular complexity index is 329. The molecule has 15 heavy (non-hydrogen) atoms. The molecule has 0 amide bonds. The van der Waals surface area contributed by atoms with E-state index in [9.17, 15) is 8.42 Å². The Balaban J connectivity index is 2.53. The predicted octanol–water partition coefficient (Wildman–Crippen LogP) is 0.967. The summed E-state index contributed by atoms with van der Waals surface area (Å²) in [4.78, 5) is 4.26.